The molecule has 5 atom stereocenters. The lowest BCUT2D eigenvalue weighted by Crippen LogP contribution is -2.47. The summed E-state index contributed by atoms with van der Waals surface area (Å²) in [6.07, 6.45) is -7.07. The predicted molar refractivity (Wildman–Crippen MR) is 53.4 cm³/mol. The zero-order valence-corrected chi connectivity index (χ0v) is 9.10. The molecule has 0 rings (SSSR count). The van der Waals surface area contributed by atoms with Crippen LogP contribution in [0, 0.1) is 0 Å². The summed E-state index contributed by atoms with van der Waals surface area (Å²) in [7, 11) is 0. The molecule has 6 N–H and O–H groups in total. The lowest BCUT2D eigenvalue weighted by Gasteiger charge is -2.26. The highest BCUT2D eigenvalue weighted by Crippen LogP contribution is 2.06. The molecule has 0 saturated heterocycles. The topological polar surface area (TPSA) is 131 Å². The van der Waals surface area contributed by atoms with Crippen LogP contribution in [0.2, 0.25) is 0 Å². The molecule has 0 aliphatic heterocycles. The van der Waals surface area contributed by atoms with Crippen molar-refractivity contribution >= 4 is 0 Å². The number of hydrogen-bond acceptors (Lipinski definition) is 7. The van der Waals surface area contributed by atoms with E-state index in [1.807, 2.05) is 0 Å². The van der Waals surface area contributed by atoms with Crippen LogP contribution >= 0.6 is 0 Å². The first-order valence-electron chi connectivity index (χ1n) is 5.06. The Morgan fingerprint density at radius 3 is 1.88 bits per heavy atom. The Morgan fingerprint density at radius 1 is 0.938 bits per heavy atom. The molecular weight excluding hydrogens is 220 g/mol. The standard InChI is InChI=1S/C9H20O7/c1-2-7(13)16-4-6(12)9(15)8(14)5(11)3-10/h5-15H,2-4H2,1H3/t5-,6+,7?,8-,9-/m1/s1. The van der Waals surface area contributed by atoms with Gasteiger partial charge in [0.05, 0.1) is 13.2 Å². The maximum atomic E-state index is 9.34. The molecule has 0 radical (unpaired) electrons. The Hall–Kier alpha value is -0.280. The second kappa shape index (κ2) is 7.91. The van der Waals surface area contributed by atoms with Crippen molar-refractivity contribution in [1.82, 2.24) is 0 Å². The average molecular weight is 240 g/mol. The second-order valence-corrected chi connectivity index (χ2v) is 3.49. The number of aliphatic hydroxyl groups is 6. The Bertz CT molecular complexity index is 177. The van der Waals surface area contributed by atoms with E-state index >= 15 is 0 Å². The number of hydrogen-bond donors (Lipinski definition) is 6. The molecule has 0 bridgehead atoms. The highest BCUT2D eigenvalue weighted by atomic mass is 16.6. The first-order valence-corrected chi connectivity index (χ1v) is 5.06. The molecule has 0 saturated carbocycles. The van der Waals surface area contributed by atoms with Crippen molar-refractivity contribution < 1.29 is 35.4 Å². The van der Waals surface area contributed by atoms with E-state index in [9.17, 15) is 15.3 Å². The largest absolute Gasteiger partial charge is 0.394 e. The predicted octanol–water partition coefficient (Wildman–Crippen LogP) is -2.83. The molecule has 0 aromatic heterocycles. The Labute approximate surface area is 93.5 Å². The normalized spacial score (nSPS) is 21.2. The first kappa shape index (κ1) is 15.7. The van der Waals surface area contributed by atoms with Crippen molar-refractivity contribution in [1.29, 1.82) is 0 Å². The molecule has 0 heterocycles. The van der Waals surface area contributed by atoms with E-state index in [1.165, 1.54) is 0 Å². The third-order valence-corrected chi connectivity index (χ3v) is 2.13. The van der Waals surface area contributed by atoms with Crippen LogP contribution in [0.4, 0.5) is 0 Å². The summed E-state index contributed by atoms with van der Waals surface area (Å²) >= 11 is 0. The third-order valence-electron chi connectivity index (χ3n) is 2.13. The average Bonchev–Trinajstić information content (AvgIpc) is 2.32. The van der Waals surface area contributed by atoms with E-state index < -0.39 is 37.3 Å². The summed E-state index contributed by atoms with van der Waals surface area (Å²) < 4.78 is 4.73. The summed E-state index contributed by atoms with van der Waals surface area (Å²) in [5.41, 5.74) is 0. The molecule has 0 amide bonds. The molecule has 98 valence electrons. The number of ether oxygens (including phenoxy) is 1. The van der Waals surface area contributed by atoms with Crippen molar-refractivity contribution in [3.05, 3.63) is 0 Å². The summed E-state index contributed by atoms with van der Waals surface area (Å²) in [5, 5.41) is 54.5. The molecule has 0 aliphatic rings. The van der Waals surface area contributed by atoms with Crippen LogP contribution in [-0.2, 0) is 4.74 Å². The van der Waals surface area contributed by atoms with Crippen molar-refractivity contribution in [3.8, 4) is 0 Å². The molecule has 7 nitrogen and oxygen atoms in total. The van der Waals surface area contributed by atoms with E-state index in [1.54, 1.807) is 6.92 Å². The maximum Gasteiger partial charge on any atom is 0.154 e. The minimum atomic E-state index is -1.68. The molecule has 0 fully saturated rings. The Morgan fingerprint density at radius 2 is 1.44 bits per heavy atom. The minimum Gasteiger partial charge on any atom is -0.394 e. The van der Waals surface area contributed by atoms with Gasteiger partial charge in [0, 0.05) is 0 Å². The van der Waals surface area contributed by atoms with Gasteiger partial charge in [0.2, 0.25) is 0 Å². The van der Waals surface area contributed by atoms with Crippen LogP contribution in [0.25, 0.3) is 0 Å². The fourth-order valence-electron chi connectivity index (χ4n) is 0.989. The lowest BCUT2D eigenvalue weighted by atomic mass is 10.0. The summed E-state index contributed by atoms with van der Waals surface area (Å²) in [6, 6.07) is 0. The van der Waals surface area contributed by atoms with Gasteiger partial charge in [-0.2, -0.15) is 0 Å². The van der Waals surface area contributed by atoms with Crippen LogP contribution in [0.3, 0.4) is 0 Å². The molecule has 7 heteroatoms. The second-order valence-electron chi connectivity index (χ2n) is 3.49. The Balaban J connectivity index is 4.02. The quantitative estimate of drug-likeness (QED) is 0.252. The van der Waals surface area contributed by atoms with Gasteiger partial charge in [-0.05, 0) is 6.42 Å². The molecule has 0 spiro atoms. The van der Waals surface area contributed by atoms with Gasteiger partial charge in [0.25, 0.3) is 0 Å². The van der Waals surface area contributed by atoms with Crippen LogP contribution in [-0.4, -0.2) is 74.6 Å². The van der Waals surface area contributed by atoms with E-state index in [0.29, 0.717) is 6.42 Å². The van der Waals surface area contributed by atoms with E-state index in [0.717, 1.165) is 0 Å². The zero-order chi connectivity index (χ0) is 12.7. The fraction of sp³-hybridized carbons (Fsp3) is 1.00. The van der Waals surface area contributed by atoms with Crippen LogP contribution < -0.4 is 0 Å². The fourth-order valence-corrected chi connectivity index (χ4v) is 0.989. The van der Waals surface area contributed by atoms with Crippen molar-refractivity contribution in [2.75, 3.05) is 13.2 Å². The van der Waals surface area contributed by atoms with Gasteiger partial charge >= 0.3 is 0 Å². The van der Waals surface area contributed by atoms with E-state index in [-0.39, 0.29) is 6.61 Å². The van der Waals surface area contributed by atoms with Gasteiger partial charge in [-0.15, -0.1) is 0 Å². The number of rotatable bonds is 8. The molecule has 16 heavy (non-hydrogen) atoms. The van der Waals surface area contributed by atoms with Crippen LogP contribution in [0.5, 0.6) is 0 Å². The minimum absolute atomic E-state index is 0.324. The summed E-state index contributed by atoms with van der Waals surface area (Å²) in [6.45, 7) is 0.548. The maximum absolute atomic E-state index is 9.34. The molecule has 1 unspecified atom stereocenters. The van der Waals surface area contributed by atoms with Crippen LogP contribution in [0.1, 0.15) is 13.3 Å². The highest BCUT2D eigenvalue weighted by molar-refractivity contribution is 4.80. The SMILES string of the molecule is CCC(O)OC[C@H](O)[C@@H](O)[C@H](O)[C@H](O)CO. The zero-order valence-electron chi connectivity index (χ0n) is 9.10. The summed E-state index contributed by atoms with van der Waals surface area (Å²) in [4.78, 5) is 0. The van der Waals surface area contributed by atoms with Gasteiger partial charge in [-0.25, -0.2) is 0 Å². The lowest BCUT2D eigenvalue weighted by molar-refractivity contribution is -0.163. The smallest absolute Gasteiger partial charge is 0.154 e. The third kappa shape index (κ3) is 5.17. The van der Waals surface area contributed by atoms with Crippen molar-refractivity contribution in [2.45, 2.75) is 44.1 Å². The summed E-state index contributed by atoms with van der Waals surface area (Å²) in [5.74, 6) is 0. The van der Waals surface area contributed by atoms with Gasteiger partial charge in [-0.1, -0.05) is 6.92 Å². The van der Waals surface area contributed by atoms with Gasteiger partial charge in [0.15, 0.2) is 6.29 Å². The Kier molecular flexibility index (Phi) is 7.77. The molecule has 0 aromatic rings. The van der Waals surface area contributed by atoms with Gasteiger partial charge in [0.1, 0.15) is 24.4 Å². The van der Waals surface area contributed by atoms with E-state index in [2.05, 4.69) is 0 Å². The molecule has 0 aliphatic carbocycles. The molecular formula is C9H20O7. The first-order chi connectivity index (χ1) is 7.43. The van der Waals surface area contributed by atoms with Crippen molar-refractivity contribution in [2.24, 2.45) is 0 Å². The van der Waals surface area contributed by atoms with Crippen LogP contribution in [0.15, 0.2) is 0 Å². The van der Waals surface area contributed by atoms with E-state index in [4.69, 9.17) is 20.1 Å². The van der Waals surface area contributed by atoms with Gasteiger partial charge in [-0.3, -0.25) is 0 Å². The molecule has 0 aromatic carbocycles. The highest BCUT2D eigenvalue weighted by Gasteiger charge is 2.30. The van der Waals surface area contributed by atoms with Gasteiger partial charge < -0.3 is 35.4 Å². The number of aliphatic hydroxyl groups excluding tert-OH is 6. The van der Waals surface area contributed by atoms with Crippen molar-refractivity contribution in [3.63, 3.8) is 0 Å². The monoisotopic (exact) mass is 240 g/mol.